The fourth-order valence-corrected chi connectivity index (χ4v) is 1.70. The lowest BCUT2D eigenvalue weighted by Crippen LogP contribution is -2.21. The van der Waals surface area contributed by atoms with E-state index in [-0.39, 0.29) is 6.10 Å². The average molecular weight is 208 g/mol. The van der Waals surface area contributed by atoms with Gasteiger partial charge in [-0.3, -0.25) is 0 Å². The van der Waals surface area contributed by atoms with Crippen LogP contribution in [0.25, 0.3) is 0 Å². The molecule has 1 heterocycles. The highest BCUT2D eigenvalue weighted by atomic mass is 16.3. The van der Waals surface area contributed by atoms with E-state index in [1.165, 1.54) is 0 Å². The summed E-state index contributed by atoms with van der Waals surface area (Å²) in [5, 5.41) is 9.94. The summed E-state index contributed by atoms with van der Waals surface area (Å²) in [5.74, 6) is 0.842. The van der Waals surface area contributed by atoms with Gasteiger partial charge >= 0.3 is 0 Å². The summed E-state index contributed by atoms with van der Waals surface area (Å²) in [6, 6.07) is 3.77. The van der Waals surface area contributed by atoms with Crippen molar-refractivity contribution in [2.24, 2.45) is 5.92 Å². The zero-order chi connectivity index (χ0) is 11.3. The lowest BCUT2D eigenvalue weighted by molar-refractivity contribution is 0.112. The second-order valence-corrected chi connectivity index (χ2v) is 4.09. The number of aliphatic hydroxyl groups excluding tert-OH is 1. The highest BCUT2D eigenvalue weighted by molar-refractivity contribution is 5.38. The number of rotatable bonds is 5. The van der Waals surface area contributed by atoms with Gasteiger partial charge < -0.3 is 10.8 Å². The van der Waals surface area contributed by atoms with Crippen molar-refractivity contribution in [1.29, 1.82) is 0 Å². The molecule has 3 N–H and O–H groups in total. The number of aromatic nitrogens is 1. The minimum absolute atomic E-state index is 0.314. The van der Waals surface area contributed by atoms with Crippen LogP contribution in [0.1, 0.15) is 32.3 Å². The van der Waals surface area contributed by atoms with E-state index >= 15 is 0 Å². The van der Waals surface area contributed by atoms with Crippen LogP contribution in [0.4, 0.5) is 5.82 Å². The van der Waals surface area contributed by atoms with E-state index in [2.05, 4.69) is 18.8 Å². The summed E-state index contributed by atoms with van der Waals surface area (Å²) >= 11 is 0. The van der Waals surface area contributed by atoms with Gasteiger partial charge in [-0.25, -0.2) is 4.98 Å². The Labute approximate surface area is 91.3 Å². The molecular weight excluding hydrogens is 188 g/mol. The minimum Gasteiger partial charge on any atom is -0.393 e. The molecule has 1 rings (SSSR count). The smallest absolute Gasteiger partial charge is 0.126 e. The van der Waals surface area contributed by atoms with Crippen LogP contribution in [0.3, 0.4) is 0 Å². The van der Waals surface area contributed by atoms with Gasteiger partial charge in [-0.1, -0.05) is 26.3 Å². The van der Waals surface area contributed by atoms with Gasteiger partial charge in [0.2, 0.25) is 0 Å². The normalized spacial score (nSPS) is 14.9. The SMILES string of the molecule is CCCC(C)C(O)Cc1cccnc1N. The predicted octanol–water partition coefficient (Wildman–Crippen LogP) is 2.00. The minimum atomic E-state index is -0.323. The van der Waals surface area contributed by atoms with Crippen LogP contribution in [-0.4, -0.2) is 16.2 Å². The van der Waals surface area contributed by atoms with E-state index in [4.69, 9.17) is 5.73 Å². The Balaban J connectivity index is 2.58. The first-order chi connectivity index (χ1) is 7.15. The average Bonchev–Trinajstić information content (AvgIpc) is 2.21. The number of nitrogens with zero attached hydrogens (tertiary/aromatic N) is 1. The van der Waals surface area contributed by atoms with Crippen LogP contribution in [0.15, 0.2) is 18.3 Å². The summed E-state index contributed by atoms with van der Waals surface area (Å²) in [6.45, 7) is 4.20. The molecule has 2 unspecified atom stereocenters. The van der Waals surface area contributed by atoms with Crippen LogP contribution in [0.2, 0.25) is 0 Å². The standard InChI is InChI=1S/C12H20N2O/c1-3-5-9(2)11(15)8-10-6-4-7-14-12(10)13/h4,6-7,9,11,15H,3,5,8H2,1-2H3,(H2,13,14). The summed E-state index contributed by atoms with van der Waals surface area (Å²) < 4.78 is 0. The zero-order valence-electron chi connectivity index (χ0n) is 9.48. The van der Waals surface area contributed by atoms with Gasteiger partial charge in [0.1, 0.15) is 5.82 Å². The Morgan fingerprint density at radius 3 is 2.87 bits per heavy atom. The largest absolute Gasteiger partial charge is 0.393 e. The first-order valence-electron chi connectivity index (χ1n) is 5.52. The van der Waals surface area contributed by atoms with Crippen LogP contribution >= 0.6 is 0 Å². The zero-order valence-corrected chi connectivity index (χ0v) is 9.48. The van der Waals surface area contributed by atoms with Gasteiger partial charge in [0.15, 0.2) is 0 Å². The Morgan fingerprint density at radius 1 is 1.53 bits per heavy atom. The number of hydrogen-bond acceptors (Lipinski definition) is 3. The molecule has 3 nitrogen and oxygen atoms in total. The molecular formula is C12H20N2O. The highest BCUT2D eigenvalue weighted by Gasteiger charge is 2.15. The molecule has 84 valence electrons. The van der Waals surface area contributed by atoms with Gasteiger partial charge in [0, 0.05) is 12.6 Å². The molecule has 0 aliphatic rings. The molecule has 0 aliphatic carbocycles. The van der Waals surface area contributed by atoms with E-state index in [0.29, 0.717) is 18.2 Å². The number of nitrogens with two attached hydrogens (primary N) is 1. The first kappa shape index (κ1) is 12.0. The predicted molar refractivity (Wildman–Crippen MR) is 62.4 cm³/mol. The van der Waals surface area contributed by atoms with E-state index in [1.54, 1.807) is 6.20 Å². The molecule has 2 atom stereocenters. The van der Waals surface area contributed by atoms with E-state index in [9.17, 15) is 5.11 Å². The summed E-state index contributed by atoms with van der Waals surface area (Å²) in [6.07, 6.45) is 4.08. The van der Waals surface area contributed by atoms with Crippen LogP contribution in [0.5, 0.6) is 0 Å². The monoisotopic (exact) mass is 208 g/mol. The van der Waals surface area contributed by atoms with Crippen molar-refractivity contribution in [1.82, 2.24) is 4.98 Å². The molecule has 0 bridgehead atoms. The summed E-state index contributed by atoms with van der Waals surface area (Å²) in [4.78, 5) is 4.00. The number of aliphatic hydroxyl groups is 1. The van der Waals surface area contributed by atoms with Gasteiger partial charge in [-0.2, -0.15) is 0 Å². The molecule has 1 aromatic rings. The second-order valence-electron chi connectivity index (χ2n) is 4.09. The molecule has 15 heavy (non-hydrogen) atoms. The molecule has 0 saturated heterocycles. The van der Waals surface area contributed by atoms with Gasteiger partial charge in [-0.15, -0.1) is 0 Å². The molecule has 0 saturated carbocycles. The van der Waals surface area contributed by atoms with Crippen LogP contribution < -0.4 is 5.73 Å². The van der Waals surface area contributed by atoms with E-state index in [1.807, 2.05) is 12.1 Å². The molecule has 0 fully saturated rings. The Morgan fingerprint density at radius 2 is 2.27 bits per heavy atom. The van der Waals surface area contributed by atoms with Crippen molar-refractivity contribution >= 4 is 5.82 Å². The topological polar surface area (TPSA) is 59.1 Å². The lowest BCUT2D eigenvalue weighted by atomic mass is 9.94. The van der Waals surface area contributed by atoms with Crippen LogP contribution in [-0.2, 0) is 6.42 Å². The fraction of sp³-hybridized carbons (Fsp3) is 0.583. The van der Waals surface area contributed by atoms with E-state index < -0.39 is 0 Å². The molecule has 3 heteroatoms. The Kier molecular flexibility index (Phi) is 4.56. The summed E-state index contributed by atoms with van der Waals surface area (Å²) in [7, 11) is 0. The number of nitrogen functional groups attached to an aromatic ring is 1. The molecule has 0 spiro atoms. The molecule has 0 amide bonds. The maximum absolute atomic E-state index is 9.94. The summed E-state index contributed by atoms with van der Waals surface area (Å²) in [5.41, 5.74) is 6.66. The molecule has 0 aliphatic heterocycles. The number of hydrogen-bond donors (Lipinski definition) is 2. The third kappa shape index (κ3) is 3.51. The Hall–Kier alpha value is -1.09. The maximum Gasteiger partial charge on any atom is 0.126 e. The third-order valence-corrected chi connectivity index (χ3v) is 2.76. The number of pyridine rings is 1. The van der Waals surface area contributed by atoms with Crippen molar-refractivity contribution in [2.45, 2.75) is 39.2 Å². The second kappa shape index (κ2) is 5.71. The van der Waals surface area contributed by atoms with Crippen molar-refractivity contribution < 1.29 is 5.11 Å². The van der Waals surface area contributed by atoms with Crippen molar-refractivity contribution in [3.8, 4) is 0 Å². The quantitative estimate of drug-likeness (QED) is 0.778. The highest BCUT2D eigenvalue weighted by Crippen LogP contribution is 2.17. The fourth-order valence-electron chi connectivity index (χ4n) is 1.70. The molecule has 0 radical (unpaired) electrons. The first-order valence-corrected chi connectivity index (χ1v) is 5.52. The lowest BCUT2D eigenvalue weighted by Gasteiger charge is -2.18. The molecule has 0 aromatic carbocycles. The van der Waals surface area contributed by atoms with E-state index in [0.717, 1.165) is 18.4 Å². The molecule has 1 aromatic heterocycles. The number of anilines is 1. The third-order valence-electron chi connectivity index (χ3n) is 2.76. The van der Waals surface area contributed by atoms with Gasteiger partial charge in [-0.05, 0) is 24.0 Å². The van der Waals surface area contributed by atoms with Gasteiger partial charge in [0.25, 0.3) is 0 Å². The van der Waals surface area contributed by atoms with Crippen molar-refractivity contribution in [3.63, 3.8) is 0 Å². The van der Waals surface area contributed by atoms with Gasteiger partial charge in [0.05, 0.1) is 6.10 Å². The maximum atomic E-state index is 9.94. The van der Waals surface area contributed by atoms with Crippen LogP contribution in [0, 0.1) is 5.92 Å². The van der Waals surface area contributed by atoms with Crippen molar-refractivity contribution in [3.05, 3.63) is 23.9 Å². The van der Waals surface area contributed by atoms with Crippen molar-refractivity contribution in [2.75, 3.05) is 5.73 Å². The Bertz CT molecular complexity index is 301.